The summed E-state index contributed by atoms with van der Waals surface area (Å²) in [6.45, 7) is 0. The van der Waals surface area contributed by atoms with Crippen molar-refractivity contribution in [1.29, 1.82) is 0 Å². The van der Waals surface area contributed by atoms with Crippen molar-refractivity contribution in [2.24, 2.45) is 5.92 Å². The average molecular weight is 369 g/mol. The summed E-state index contributed by atoms with van der Waals surface area (Å²) >= 11 is 1.31. The molecule has 1 aromatic carbocycles. The van der Waals surface area contributed by atoms with Crippen LogP contribution < -0.4 is 0 Å². The Hall–Kier alpha value is -1.43. The first-order valence-electron chi connectivity index (χ1n) is 8.87. The molecule has 136 valence electrons. The number of hydrogen-bond acceptors (Lipinski definition) is 3. The zero-order valence-corrected chi connectivity index (χ0v) is 14.8. The molecule has 2 aromatic rings. The lowest BCUT2D eigenvalue weighted by Crippen LogP contribution is -2.20. The molecule has 1 unspecified atom stereocenters. The molecular formula is C19H22F3NOS. The standard InChI is InChI=1S/C19H22F3NOS/c20-19(21,22)12-14(10-11-16(24)13-6-2-1-3-7-13)18-23-15-8-4-5-9-17(15)25-18/h4-5,8-9,13-14H,1-3,6-7,10-12H2. The van der Waals surface area contributed by atoms with E-state index in [0.29, 0.717) is 5.01 Å². The van der Waals surface area contributed by atoms with Gasteiger partial charge in [-0.3, -0.25) is 4.79 Å². The molecule has 1 aliphatic carbocycles. The van der Waals surface area contributed by atoms with Crippen molar-refractivity contribution in [3.63, 3.8) is 0 Å². The fourth-order valence-corrected chi connectivity index (χ4v) is 4.70. The summed E-state index contributed by atoms with van der Waals surface area (Å²) in [5.41, 5.74) is 0.730. The number of hydrogen-bond donors (Lipinski definition) is 0. The van der Waals surface area contributed by atoms with Crippen molar-refractivity contribution in [1.82, 2.24) is 4.98 Å². The van der Waals surface area contributed by atoms with Gasteiger partial charge in [-0.1, -0.05) is 31.4 Å². The van der Waals surface area contributed by atoms with E-state index in [9.17, 15) is 18.0 Å². The van der Waals surface area contributed by atoms with Crippen molar-refractivity contribution >= 4 is 27.3 Å². The normalized spacial score (nSPS) is 17.7. The Morgan fingerprint density at radius 1 is 1.20 bits per heavy atom. The largest absolute Gasteiger partial charge is 0.389 e. The number of Topliss-reactive ketones (excluding diaryl/α,β-unsaturated/α-hetero) is 1. The zero-order chi connectivity index (χ0) is 17.9. The zero-order valence-electron chi connectivity index (χ0n) is 14.0. The van der Waals surface area contributed by atoms with E-state index in [0.717, 1.165) is 42.3 Å². The van der Waals surface area contributed by atoms with Gasteiger partial charge in [0, 0.05) is 18.3 Å². The highest BCUT2D eigenvalue weighted by Gasteiger charge is 2.34. The minimum absolute atomic E-state index is 0.0515. The van der Waals surface area contributed by atoms with Crippen LogP contribution in [0.2, 0.25) is 0 Å². The van der Waals surface area contributed by atoms with Crippen LogP contribution >= 0.6 is 11.3 Å². The van der Waals surface area contributed by atoms with Crippen LogP contribution in [0.5, 0.6) is 0 Å². The van der Waals surface area contributed by atoms with E-state index in [1.54, 1.807) is 0 Å². The molecule has 25 heavy (non-hydrogen) atoms. The predicted molar refractivity (Wildman–Crippen MR) is 93.8 cm³/mol. The number of benzene rings is 1. The number of ketones is 1. The van der Waals surface area contributed by atoms with Crippen LogP contribution in [0.3, 0.4) is 0 Å². The fraction of sp³-hybridized carbons (Fsp3) is 0.579. The molecule has 1 heterocycles. The summed E-state index contributed by atoms with van der Waals surface area (Å²) in [7, 11) is 0. The second-order valence-electron chi connectivity index (χ2n) is 6.88. The van der Waals surface area contributed by atoms with Gasteiger partial charge >= 0.3 is 6.18 Å². The number of carbonyl (C=O) groups is 1. The second-order valence-corrected chi connectivity index (χ2v) is 7.94. The number of halogens is 3. The predicted octanol–water partition coefficient (Wildman–Crippen LogP) is 6.26. The van der Waals surface area contributed by atoms with Gasteiger partial charge in [0.25, 0.3) is 0 Å². The van der Waals surface area contributed by atoms with Crippen molar-refractivity contribution in [2.75, 3.05) is 0 Å². The SMILES string of the molecule is O=C(CCC(CC(F)(F)F)c1nc2ccccc2s1)C1CCCCC1. The molecule has 0 N–H and O–H groups in total. The Morgan fingerprint density at radius 3 is 2.60 bits per heavy atom. The van der Waals surface area contributed by atoms with E-state index in [4.69, 9.17) is 0 Å². The topological polar surface area (TPSA) is 30.0 Å². The number of fused-ring (bicyclic) bond motifs is 1. The minimum atomic E-state index is -4.25. The summed E-state index contributed by atoms with van der Waals surface area (Å²) in [6, 6.07) is 7.37. The fourth-order valence-electron chi connectivity index (χ4n) is 3.60. The van der Waals surface area contributed by atoms with Crippen molar-refractivity contribution in [3.05, 3.63) is 29.3 Å². The van der Waals surface area contributed by atoms with Gasteiger partial charge in [-0.2, -0.15) is 13.2 Å². The number of alkyl halides is 3. The lowest BCUT2D eigenvalue weighted by atomic mass is 9.83. The maximum absolute atomic E-state index is 13.0. The highest BCUT2D eigenvalue weighted by Crippen LogP contribution is 2.38. The minimum Gasteiger partial charge on any atom is -0.299 e. The summed E-state index contributed by atoms with van der Waals surface area (Å²) in [5, 5.41) is 0.495. The van der Waals surface area contributed by atoms with E-state index in [-0.39, 0.29) is 24.5 Å². The number of carbonyl (C=O) groups excluding carboxylic acids is 1. The van der Waals surface area contributed by atoms with Crippen LogP contribution in [0.4, 0.5) is 13.2 Å². The molecule has 1 atom stereocenters. The molecular weight excluding hydrogens is 347 g/mol. The molecule has 0 saturated heterocycles. The van der Waals surface area contributed by atoms with Crippen LogP contribution in [-0.2, 0) is 4.79 Å². The molecule has 6 heteroatoms. The summed E-state index contributed by atoms with van der Waals surface area (Å²) in [4.78, 5) is 16.8. The molecule has 1 saturated carbocycles. The van der Waals surface area contributed by atoms with Crippen molar-refractivity contribution in [3.8, 4) is 0 Å². The monoisotopic (exact) mass is 369 g/mol. The van der Waals surface area contributed by atoms with Gasteiger partial charge in [0.1, 0.15) is 5.78 Å². The molecule has 1 aliphatic rings. The van der Waals surface area contributed by atoms with E-state index in [1.165, 1.54) is 11.3 Å². The van der Waals surface area contributed by atoms with E-state index in [1.807, 2.05) is 24.3 Å². The van der Waals surface area contributed by atoms with Crippen molar-refractivity contribution in [2.45, 2.75) is 63.5 Å². The summed E-state index contributed by atoms with van der Waals surface area (Å²) in [5.74, 6) is -0.548. The lowest BCUT2D eigenvalue weighted by Gasteiger charge is -2.21. The van der Waals surface area contributed by atoms with Crippen LogP contribution in [0.15, 0.2) is 24.3 Å². The summed E-state index contributed by atoms with van der Waals surface area (Å²) in [6.07, 6.45) is 0.345. The van der Waals surface area contributed by atoms with E-state index < -0.39 is 18.5 Å². The third-order valence-corrected chi connectivity index (χ3v) is 6.14. The lowest BCUT2D eigenvalue weighted by molar-refractivity contribution is -0.140. The first-order valence-corrected chi connectivity index (χ1v) is 9.69. The van der Waals surface area contributed by atoms with Gasteiger partial charge in [-0.15, -0.1) is 11.3 Å². The molecule has 0 bridgehead atoms. The molecule has 1 aromatic heterocycles. The average Bonchev–Trinajstić information content (AvgIpc) is 3.02. The number of para-hydroxylation sites is 1. The van der Waals surface area contributed by atoms with Gasteiger partial charge < -0.3 is 0 Å². The highest BCUT2D eigenvalue weighted by molar-refractivity contribution is 7.18. The Bertz CT molecular complexity index is 686. The van der Waals surface area contributed by atoms with E-state index in [2.05, 4.69) is 4.98 Å². The smallest absolute Gasteiger partial charge is 0.299 e. The van der Waals surface area contributed by atoms with Crippen LogP contribution in [0, 0.1) is 5.92 Å². The molecule has 0 spiro atoms. The first-order chi connectivity index (χ1) is 11.9. The molecule has 2 nitrogen and oxygen atoms in total. The number of nitrogens with zero attached hydrogens (tertiary/aromatic N) is 1. The van der Waals surface area contributed by atoms with Crippen molar-refractivity contribution < 1.29 is 18.0 Å². The van der Waals surface area contributed by atoms with Gasteiger partial charge in [0.2, 0.25) is 0 Å². The van der Waals surface area contributed by atoms with Crippen LogP contribution in [0.25, 0.3) is 10.2 Å². The Kier molecular flexibility index (Phi) is 5.77. The quantitative estimate of drug-likeness (QED) is 0.601. The van der Waals surface area contributed by atoms with Gasteiger partial charge in [0.15, 0.2) is 0 Å². The van der Waals surface area contributed by atoms with Gasteiger partial charge in [0.05, 0.1) is 21.6 Å². The second kappa shape index (κ2) is 7.85. The molecule has 0 radical (unpaired) electrons. The van der Waals surface area contributed by atoms with Crippen LogP contribution in [0.1, 0.15) is 62.3 Å². The first kappa shape index (κ1) is 18.4. The summed E-state index contributed by atoms with van der Waals surface area (Å²) < 4.78 is 39.9. The Balaban J connectivity index is 1.71. The third-order valence-electron chi connectivity index (χ3n) is 4.94. The highest BCUT2D eigenvalue weighted by atomic mass is 32.1. The third kappa shape index (κ3) is 5.03. The van der Waals surface area contributed by atoms with Gasteiger partial charge in [-0.25, -0.2) is 4.98 Å². The maximum atomic E-state index is 13.0. The van der Waals surface area contributed by atoms with Gasteiger partial charge in [-0.05, 0) is 31.4 Å². The maximum Gasteiger partial charge on any atom is 0.389 e. The molecule has 0 amide bonds. The van der Waals surface area contributed by atoms with E-state index >= 15 is 0 Å². The molecule has 0 aliphatic heterocycles. The number of thiazole rings is 1. The number of aromatic nitrogens is 1. The number of rotatable bonds is 6. The Labute approximate surface area is 149 Å². The molecule has 3 rings (SSSR count). The van der Waals surface area contributed by atoms with Crippen LogP contribution in [-0.4, -0.2) is 16.9 Å². The Morgan fingerprint density at radius 2 is 1.92 bits per heavy atom. The molecule has 1 fully saturated rings.